The monoisotopic (exact) mass is 226 g/mol. The molecular formula is C11H18N2OS. The first kappa shape index (κ1) is 11.0. The van der Waals surface area contributed by atoms with Gasteiger partial charge in [-0.2, -0.15) is 0 Å². The molecule has 1 fully saturated rings. The van der Waals surface area contributed by atoms with Crippen molar-refractivity contribution in [2.45, 2.75) is 44.9 Å². The van der Waals surface area contributed by atoms with Crippen LogP contribution >= 0.6 is 11.3 Å². The summed E-state index contributed by atoms with van der Waals surface area (Å²) in [5, 5.41) is 12.6. The molecule has 1 aromatic rings. The molecule has 0 bridgehead atoms. The van der Waals surface area contributed by atoms with Crippen molar-refractivity contribution in [2.24, 2.45) is 0 Å². The highest BCUT2D eigenvalue weighted by Crippen LogP contribution is 2.23. The van der Waals surface area contributed by atoms with Gasteiger partial charge in [-0.3, -0.25) is 4.90 Å². The summed E-state index contributed by atoms with van der Waals surface area (Å²) < 4.78 is 0. The summed E-state index contributed by atoms with van der Waals surface area (Å²) >= 11 is 1.72. The Kier molecular flexibility index (Phi) is 3.72. The highest BCUT2D eigenvalue weighted by molar-refractivity contribution is 7.09. The van der Waals surface area contributed by atoms with Gasteiger partial charge in [0, 0.05) is 17.6 Å². The van der Waals surface area contributed by atoms with Gasteiger partial charge >= 0.3 is 0 Å². The van der Waals surface area contributed by atoms with Crippen LogP contribution in [0.3, 0.4) is 0 Å². The van der Waals surface area contributed by atoms with Crippen LogP contribution in [0.15, 0.2) is 11.6 Å². The van der Waals surface area contributed by atoms with Crippen LogP contribution in [0, 0.1) is 0 Å². The molecular weight excluding hydrogens is 208 g/mol. The lowest BCUT2D eigenvalue weighted by Crippen LogP contribution is -2.31. The van der Waals surface area contributed by atoms with Crippen molar-refractivity contribution in [1.82, 2.24) is 9.88 Å². The van der Waals surface area contributed by atoms with E-state index >= 15 is 0 Å². The van der Waals surface area contributed by atoms with E-state index in [2.05, 4.69) is 9.88 Å². The maximum atomic E-state index is 9.42. The topological polar surface area (TPSA) is 36.4 Å². The molecule has 0 amide bonds. The zero-order valence-electron chi connectivity index (χ0n) is 9.09. The zero-order chi connectivity index (χ0) is 10.7. The number of aliphatic hydroxyl groups excluding tert-OH is 1. The number of thiazole rings is 1. The summed E-state index contributed by atoms with van der Waals surface area (Å²) in [6.07, 6.45) is 5.04. The van der Waals surface area contributed by atoms with E-state index in [1.165, 1.54) is 17.8 Å². The fourth-order valence-electron chi connectivity index (χ4n) is 2.27. The predicted octanol–water partition coefficient (Wildman–Crippen LogP) is 1.88. The number of hydrogen-bond donors (Lipinski definition) is 1. The van der Waals surface area contributed by atoms with Crippen LogP contribution in [0.5, 0.6) is 0 Å². The van der Waals surface area contributed by atoms with Gasteiger partial charge in [-0.05, 0) is 32.7 Å². The van der Waals surface area contributed by atoms with Gasteiger partial charge in [0.15, 0.2) is 0 Å². The molecule has 2 rings (SSSR count). The minimum Gasteiger partial charge on any atom is -0.393 e. The van der Waals surface area contributed by atoms with Gasteiger partial charge in [-0.1, -0.05) is 0 Å². The Hall–Kier alpha value is -0.450. The molecule has 3 nitrogen and oxygen atoms in total. The number of aliphatic hydroxyl groups is 1. The second kappa shape index (κ2) is 5.05. The number of nitrogens with zero attached hydrogens (tertiary/aromatic N) is 2. The summed E-state index contributed by atoms with van der Waals surface area (Å²) in [4.78, 5) is 6.76. The van der Waals surface area contributed by atoms with Crippen molar-refractivity contribution in [3.63, 3.8) is 0 Å². The Labute approximate surface area is 94.8 Å². The van der Waals surface area contributed by atoms with E-state index in [1.54, 1.807) is 11.3 Å². The van der Waals surface area contributed by atoms with Crippen molar-refractivity contribution < 1.29 is 5.11 Å². The average Bonchev–Trinajstić information content (AvgIpc) is 2.78. The Morgan fingerprint density at radius 1 is 1.73 bits per heavy atom. The van der Waals surface area contributed by atoms with Gasteiger partial charge in [-0.15, -0.1) is 11.3 Å². The molecule has 0 radical (unpaired) electrons. The highest BCUT2D eigenvalue weighted by Gasteiger charge is 2.25. The molecule has 0 saturated carbocycles. The molecule has 4 heteroatoms. The molecule has 2 heterocycles. The van der Waals surface area contributed by atoms with Crippen molar-refractivity contribution in [3.8, 4) is 0 Å². The van der Waals surface area contributed by atoms with Gasteiger partial charge in [0.05, 0.1) is 12.6 Å². The molecule has 0 aliphatic carbocycles. The molecule has 1 aromatic heterocycles. The third kappa shape index (κ3) is 3.00. The number of aromatic nitrogens is 1. The minimum absolute atomic E-state index is 0.188. The molecule has 1 saturated heterocycles. The predicted molar refractivity (Wildman–Crippen MR) is 61.8 cm³/mol. The number of likely N-dealkylation sites (tertiary alicyclic amines) is 1. The lowest BCUT2D eigenvalue weighted by molar-refractivity contribution is 0.130. The van der Waals surface area contributed by atoms with Crippen LogP contribution in [-0.4, -0.2) is 33.7 Å². The Bertz CT molecular complexity index is 287. The van der Waals surface area contributed by atoms with Crippen LogP contribution in [0.4, 0.5) is 0 Å². The maximum absolute atomic E-state index is 9.42. The molecule has 0 spiro atoms. The Morgan fingerprint density at radius 3 is 3.27 bits per heavy atom. The van der Waals surface area contributed by atoms with Crippen LogP contribution in [0.1, 0.15) is 31.2 Å². The summed E-state index contributed by atoms with van der Waals surface area (Å²) in [6.45, 7) is 3.98. The van der Waals surface area contributed by atoms with Crippen molar-refractivity contribution in [1.29, 1.82) is 0 Å². The second-order valence-corrected chi connectivity index (χ2v) is 5.26. The standard InChI is InChI=1S/C11H18N2OS/c1-9(14)7-10-3-2-5-13(10)8-11-12-4-6-15-11/h4,6,9-10,14H,2-3,5,7-8H2,1H3. The van der Waals surface area contributed by atoms with E-state index in [1.807, 2.05) is 18.5 Å². The molecule has 15 heavy (non-hydrogen) atoms. The van der Waals surface area contributed by atoms with Crippen LogP contribution in [-0.2, 0) is 6.54 Å². The lowest BCUT2D eigenvalue weighted by Gasteiger charge is -2.24. The highest BCUT2D eigenvalue weighted by atomic mass is 32.1. The van der Waals surface area contributed by atoms with Gasteiger partial charge in [0.1, 0.15) is 5.01 Å². The quantitative estimate of drug-likeness (QED) is 0.851. The number of hydrogen-bond acceptors (Lipinski definition) is 4. The normalized spacial score (nSPS) is 24.5. The smallest absolute Gasteiger partial charge is 0.107 e. The third-order valence-corrected chi connectivity index (χ3v) is 3.70. The summed E-state index contributed by atoms with van der Waals surface area (Å²) in [5.41, 5.74) is 0. The van der Waals surface area contributed by atoms with Gasteiger partial charge < -0.3 is 5.11 Å². The fourth-order valence-corrected chi connectivity index (χ4v) is 2.91. The SMILES string of the molecule is CC(O)CC1CCCN1Cc1nccs1. The van der Waals surface area contributed by atoms with Gasteiger partial charge in [0.2, 0.25) is 0 Å². The maximum Gasteiger partial charge on any atom is 0.107 e. The Morgan fingerprint density at radius 2 is 2.60 bits per heavy atom. The van der Waals surface area contributed by atoms with Crippen molar-refractivity contribution in [3.05, 3.63) is 16.6 Å². The minimum atomic E-state index is -0.188. The molecule has 2 unspecified atom stereocenters. The van der Waals surface area contributed by atoms with E-state index < -0.39 is 0 Å². The third-order valence-electron chi connectivity index (χ3n) is 2.93. The first-order chi connectivity index (χ1) is 7.25. The van der Waals surface area contributed by atoms with E-state index in [-0.39, 0.29) is 6.10 Å². The van der Waals surface area contributed by atoms with Crippen LogP contribution in [0.25, 0.3) is 0 Å². The van der Waals surface area contributed by atoms with Crippen molar-refractivity contribution >= 4 is 11.3 Å². The zero-order valence-corrected chi connectivity index (χ0v) is 9.91. The largest absolute Gasteiger partial charge is 0.393 e. The van der Waals surface area contributed by atoms with E-state index in [0.29, 0.717) is 6.04 Å². The fraction of sp³-hybridized carbons (Fsp3) is 0.727. The average molecular weight is 226 g/mol. The van der Waals surface area contributed by atoms with E-state index in [9.17, 15) is 5.11 Å². The van der Waals surface area contributed by atoms with Crippen molar-refractivity contribution in [2.75, 3.05) is 6.54 Å². The van der Waals surface area contributed by atoms with E-state index in [0.717, 1.165) is 19.5 Å². The first-order valence-electron chi connectivity index (χ1n) is 5.56. The molecule has 2 atom stereocenters. The molecule has 1 aliphatic rings. The molecule has 1 N–H and O–H groups in total. The van der Waals surface area contributed by atoms with E-state index in [4.69, 9.17) is 0 Å². The summed E-state index contributed by atoms with van der Waals surface area (Å²) in [6, 6.07) is 0.550. The Balaban J connectivity index is 1.90. The summed E-state index contributed by atoms with van der Waals surface area (Å²) in [5.74, 6) is 0. The molecule has 84 valence electrons. The van der Waals surface area contributed by atoms with Crippen LogP contribution in [0.2, 0.25) is 0 Å². The number of rotatable bonds is 4. The van der Waals surface area contributed by atoms with Crippen LogP contribution < -0.4 is 0 Å². The first-order valence-corrected chi connectivity index (χ1v) is 6.44. The van der Waals surface area contributed by atoms with Gasteiger partial charge in [-0.25, -0.2) is 4.98 Å². The molecule has 0 aromatic carbocycles. The lowest BCUT2D eigenvalue weighted by atomic mass is 10.1. The second-order valence-electron chi connectivity index (χ2n) is 4.28. The molecule has 1 aliphatic heterocycles. The summed E-state index contributed by atoms with van der Waals surface area (Å²) in [7, 11) is 0. The van der Waals surface area contributed by atoms with Gasteiger partial charge in [0.25, 0.3) is 0 Å².